The molecule has 0 spiro atoms. The van der Waals surface area contributed by atoms with Crippen LogP contribution in [0.2, 0.25) is 5.02 Å². The average molecular weight is 556 g/mol. The standard InChI is InChI=1S/C25H20BrClN4O4/c1-15(2)24-29-22-9-5-18(26)12-21(22)25(32)30(24)28-13-17-11-20(31(33)34)8-10-23(17)35-14-16-3-6-19(27)7-4-16/h3-13,15H,14H2,1-2H3. The fourth-order valence-corrected chi connectivity index (χ4v) is 3.88. The van der Waals surface area contributed by atoms with Gasteiger partial charge in [0.1, 0.15) is 18.2 Å². The van der Waals surface area contributed by atoms with Crippen molar-refractivity contribution in [1.82, 2.24) is 9.66 Å². The molecular formula is C25H20BrClN4O4. The summed E-state index contributed by atoms with van der Waals surface area (Å²) in [6.07, 6.45) is 1.38. The van der Waals surface area contributed by atoms with E-state index in [0.717, 1.165) is 10.0 Å². The van der Waals surface area contributed by atoms with Crippen molar-refractivity contribution < 1.29 is 9.66 Å². The molecule has 3 aromatic carbocycles. The van der Waals surface area contributed by atoms with Gasteiger partial charge in [0, 0.05) is 33.1 Å². The summed E-state index contributed by atoms with van der Waals surface area (Å²) in [6.45, 7) is 4.04. The van der Waals surface area contributed by atoms with Gasteiger partial charge in [0.05, 0.1) is 22.0 Å². The number of hydrogen-bond donors (Lipinski definition) is 0. The van der Waals surface area contributed by atoms with E-state index in [0.29, 0.717) is 33.1 Å². The first-order valence-electron chi connectivity index (χ1n) is 10.6. The Bertz CT molecular complexity index is 1500. The van der Waals surface area contributed by atoms with Crippen LogP contribution >= 0.6 is 27.5 Å². The summed E-state index contributed by atoms with van der Waals surface area (Å²) in [5.41, 5.74) is 1.32. The van der Waals surface area contributed by atoms with Crippen molar-refractivity contribution in [2.45, 2.75) is 26.4 Å². The highest BCUT2D eigenvalue weighted by Gasteiger charge is 2.15. The van der Waals surface area contributed by atoms with Gasteiger partial charge in [0.2, 0.25) is 0 Å². The number of nitro benzene ring substituents is 1. The maximum Gasteiger partial charge on any atom is 0.282 e. The largest absolute Gasteiger partial charge is 0.488 e. The molecule has 4 rings (SSSR count). The molecule has 0 aliphatic heterocycles. The van der Waals surface area contributed by atoms with Crippen LogP contribution in [0.15, 0.2) is 75.0 Å². The summed E-state index contributed by atoms with van der Waals surface area (Å²) in [7, 11) is 0. The van der Waals surface area contributed by atoms with E-state index in [2.05, 4.69) is 26.0 Å². The molecule has 0 bridgehead atoms. The first-order chi connectivity index (χ1) is 16.7. The summed E-state index contributed by atoms with van der Waals surface area (Å²) in [4.78, 5) is 28.7. The zero-order chi connectivity index (χ0) is 25.1. The lowest BCUT2D eigenvalue weighted by Crippen LogP contribution is -2.23. The van der Waals surface area contributed by atoms with Crippen LogP contribution in [0.3, 0.4) is 0 Å². The van der Waals surface area contributed by atoms with Crippen molar-refractivity contribution >= 4 is 50.3 Å². The lowest BCUT2D eigenvalue weighted by molar-refractivity contribution is -0.384. The van der Waals surface area contributed by atoms with Crippen LogP contribution in [0.25, 0.3) is 10.9 Å². The lowest BCUT2D eigenvalue weighted by Gasteiger charge is -2.12. The van der Waals surface area contributed by atoms with E-state index in [4.69, 9.17) is 16.3 Å². The Morgan fingerprint density at radius 3 is 2.60 bits per heavy atom. The minimum Gasteiger partial charge on any atom is -0.488 e. The molecule has 1 aromatic heterocycles. The number of nitrogens with zero attached hydrogens (tertiary/aromatic N) is 4. The molecule has 178 valence electrons. The zero-order valence-corrected chi connectivity index (χ0v) is 21.2. The highest BCUT2D eigenvalue weighted by Crippen LogP contribution is 2.25. The van der Waals surface area contributed by atoms with E-state index in [9.17, 15) is 14.9 Å². The van der Waals surface area contributed by atoms with Crippen molar-refractivity contribution in [3.63, 3.8) is 0 Å². The Morgan fingerprint density at radius 1 is 1.17 bits per heavy atom. The van der Waals surface area contributed by atoms with E-state index < -0.39 is 4.92 Å². The fourth-order valence-electron chi connectivity index (χ4n) is 3.39. The van der Waals surface area contributed by atoms with Gasteiger partial charge >= 0.3 is 0 Å². The maximum absolute atomic E-state index is 13.3. The van der Waals surface area contributed by atoms with E-state index >= 15 is 0 Å². The van der Waals surface area contributed by atoms with Gasteiger partial charge in [-0.15, -0.1) is 0 Å². The molecule has 0 saturated heterocycles. The molecule has 1 heterocycles. The van der Waals surface area contributed by atoms with Crippen LogP contribution in [0.4, 0.5) is 5.69 Å². The van der Waals surface area contributed by atoms with Gasteiger partial charge < -0.3 is 4.74 Å². The Balaban J connectivity index is 1.76. The highest BCUT2D eigenvalue weighted by molar-refractivity contribution is 9.10. The first-order valence-corrected chi connectivity index (χ1v) is 11.8. The number of benzene rings is 3. The molecular weight excluding hydrogens is 536 g/mol. The minimum absolute atomic E-state index is 0.0985. The topological polar surface area (TPSA) is 99.6 Å². The van der Waals surface area contributed by atoms with Crippen molar-refractivity contribution in [3.05, 3.63) is 108 Å². The van der Waals surface area contributed by atoms with E-state index in [-0.39, 0.29) is 23.8 Å². The average Bonchev–Trinajstić information content (AvgIpc) is 2.83. The second kappa shape index (κ2) is 10.4. The van der Waals surface area contributed by atoms with Crippen molar-refractivity contribution in [2.24, 2.45) is 5.10 Å². The van der Waals surface area contributed by atoms with Crippen molar-refractivity contribution in [3.8, 4) is 5.75 Å². The fraction of sp³-hybridized carbons (Fsp3) is 0.160. The molecule has 0 atom stereocenters. The van der Waals surface area contributed by atoms with Gasteiger partial charge in [-0.25, -0.2) is 4.98 Å². The van der Waals surface area contributed by atoms with Crippen LogP contribution in [0.1, 0.15) is 36.7 Å². The second-order valence-corrected chi connectivity index (χ2v) is 9.39. The summed E-state index contributed by atoms with van der Waals surface area (Å²) < 4.78 is 7.88. The van der Waals surface area contributed by atoms with Gasteiger partial charge in [-0.3, -0.25) is 14.9 Å². The second-order valence-electron chi connectivity index (χ2n) is 8.04. The molecule has 0 fully saturated rings. The Morgan fingerprint density at radius 2 is 1.91 bits per heavy atom. The Hall–Kier alpha value is -3.56. The van der Waals surface area contributed by atoms with Gasteiger partial charge in [0.25, 0.3) is 11.2 Å². The first kappa shape index (κ1) is 24.6. The van der Waals surface area contributed by atoms with Gasteiger partial charge in [0.15, 0.2) is 0 Å². The normalized spacial score (nSPS) is 11.5. The monoisotopic (exact) mass is 554 g/mol. The predicted molar refractivity (Wildman–Crippen MR) is 140 cm³/mol. The maximum atomic E-state index is 13.3. The number of hydrogen-bond acceptors (Lipinski definition) is 6. The third kappa shape index (κ3) is 5.58. The molecule has 4 aromatic rings. The molecule has 0 radical (unpaired) electrons. The third-order valence-electron chi connectivity index (χ3n) is 5.17. The number of fused-ring (bicyclic) bond motifs is 1. The molecule has 10 heteroatoms. The molecule has 8 nitrogen and oxygen atoms in total. The SMILES string of the molecule is CC(C)c1nc2ccc(Br)cc2c(=O)n1N=Cc1cc([N+](=O)[O-])ccc1OCc1ccc(Cl)cc1. The quantitative estimate of drug-likeness (QED) is 0.151. The number of halogens is 2. The van der Waals surface area contributed by atoms with Crippen LogP contribution in [-0.4, -0.2) is 20.8 Å². The Kier molecular flexibility index (Phi) is 7.28. The van der Waals surface area contributed by atoms with Gasteiger partial charge in [-0.1, -0.05) is 53.5 Å². The molecule has 0 aliphatic carbocycles. The van der Waals surface area contributed by atoms with E-state index in [1.165, 1.54) is 29.1 Å². The molecule has 0 saturated carbocycles. The number of non-ortho nitro benzene ring substituents is 1. The van der Waals surface area contributed by atoms with Crippen molar-refractivity contribution in [2.75, 3.05) is 0 Å². The number of aromatic nitrogens is 2. The molecule has 35 heavy (non-hydrogen) atoms. The smallest absolute Gasteiger partial charge is 0.282 e. The Labute approximate surface area is 214 Å². The molecule has 0 N–H and O–H groups in total. The summed E-state index contributed by atoms with van der Waals surface area (Å²) in [5, 5.41) is 16.8. The number of nitro groups is 1. The van der Waals surface area contributed by atoms with E-state index in [1.54, 1.807) is 24.3 Å². The summed E-state index contributed by atoms with van der Waals surface area (Å²) >= 11 is 9.32. The minimum atomic E-state index is -0.499. The summed E-state index contributed by atoms with van der Waals surface area (Å²) in [6, 6.07) is 16.7. The molecule has 0 amide bonds. The zero-order valence-electron chi connectivity index (χ0n) is 18.8. The van der Waals surface area contributed by atoms with Crippen LogP contribution in [0, 0.1) is 10.1 Å². The van der Waals surface area contributed by atoms with E-state index in [1.807, 2.05) is 32.0 Å². The van der Waals surface area contributed by atoms with Crippen LogP contribution < -0.4 is 10.3 Å². The van der Waals surface area contributed by atoms with Crippen molar-refractivity contribution in [1.29, 1.82) is 0 Å². The highest BCUT2D eigenvalue weighted by atomic mass is 79.9. The third-order valence-corrected chi connectivity index (χ3v) is 5.92. The molecule has 0 aliphatic rings. The van der Waals surface area contributed by atoms with Crippen LogP contribution in [-0.2, 0) is 6.61 Å². The van der Waals surface area contributed by atoms with Gasteiger partial charge in [-0.2, -0.15) is 9.78 Å². The predicted octanol–water partition coefficient (Wildman–Crippen LogP) is 6.31. The van der Waals surface area contributed by atoms with Gasteiger partial charge in [-0.05, 0) is 42.0 Å². The number of ether oxygens (including phenoxy) is 1. The van der Waals surface area contributed by atoms with Crippen LogP contribution in [0.5, 0.6) is 5.75 Å². The summed E-state index contributed by atoms with van der Waals surface area (Å²) in [5.74, 6) is 0.749. The lowest BCUT2D eigenvalue weighted by atomic mass is 10.2. The number of rotatable bonds is 7. The molecule has 0 unspecified atom stereocenters.